The molecule has 1 amide bonds. The average molecular weight is 368 g/mol. The zero-order valence-corrected chi connectivity index (χ0v) is 15.2. The molecule has 0 saturated heterocycles. The zero-order valence-electron chi connectivity index (χ0n) is 15.2. The van der Waals surface area contributed by atoms with E-state index in [4.69, 9.17) is 5.73 Å². The third-order valence-corrected chi connectivity index (χ3v) is 4.10. The maximum Gasteiger partial charge on any atom is 0.267 e. The third kappa shape index (κ3) is 4.99. The van der Waals surface area contributed by atoms with E-state index in [9.17, 15) is 10.1 Å². The van der Waals surface area contributed by atoms with Gasteiger partial charge in [-0.25, -0.2) is 0 Å². The molecule has 3 N–H and O–H groups in total. The van der Waals surface area contributed by atoms with Crippen LogP contribution in [0.5, 0.6) is 0 Å². The number of hydrogen-bond donors (Lipinski definition) is 2. The average Bonchev–Trinajstić information content (AvgIpc) is 2.74. The van der Waals surface area contributed by atoms with Crippen LogP contribution in [-0.2, 0) is 11.3 Å². The molecule has 0 bridgehead atoms. The van der Waals surface area contributed by atoms with Crippen molar-refractivity contribution in [3.05, 3.63) is 102 Å². The van der Waals surface area contributed by atoms with E-state index in [2.05, 4.69) is 5.32 Å². The molecule has 0 aliphatic carbocycles. The molecule has 28 heavy (non-hydrogen) atoms. The number of nitriles is 1. The summed E-state index contributed by atoms with van der Waals surface area (Å²) in [5, 5.41) is 12.3. The molecule has 0 aromatic heterocycles. The molecule has 0 saturated carbocycles. The minimum atomic E-state index is -0.471. The molecule has 0 radical (unpaired) electrons. The van der Waals surface area contributed by atoms with E-state index in [1.54, 1.807) is 30.5 Å². The number of para-hydroxylation sites is 1. The lowest BCUT2D eigenvalue weighted by atomic mass is 10.2. The molecule has 3 rings (SSSR count). The molecule has 0 spiro atoms. The summed E-state index contributed by atoms with van der Waals surface area (Å²) in [5.41, 5.74) is 8.81. The van der Waals surface area contributed by atoms with Crippen molar-refractivity contribution >= 4 is 23.0 Å². The summed E-state index contributed by atoms with van der Waals surface area (Å²) < 4.78 is 0. The van der Waals surface area contributed by atoms with Crippen LogP contribution < -0.4 is 16.0 Å². The van der Waals surface area contributed by atoms with Gasteiger partial charge in [0, 0.05) is 29.8 Å². The number of hydrogen-bond acceptors (Lipinski definition) is 4. The lowest BCUT2D eigenvalue weighted by Gasteiger charge is -2.21. The number of nitrogens with two attached hydrogens (primary N) is 1. The fraction of sp³-hybridized carbons (Fsp3) is 0.0435. The smallest absolute Gasteiger partial charge is 0.267 e. The Hall–Kier alpha value is -4.04. The fourth-order valence-corrected chi connectivity index (χ4v) is 2.67. The lowest BCUT2D eigenvalue weighted by molar-refractivity contribution is -0.112. The molecule has 0 fully saturated rings. The number of nitrogens with zero attached hydrogens (tertiary/aromatic N) is 2. The van der Waals surface area contributed by atoms with Crippen molar-refractivity contribution < 1.29 is 4.79 Å². The standard InChI is InChI=1S/C23H20N4O/c24-15-19(23(28)26-21-13-11-20(25)12-14-21)17-27(22-9-5-2-6-10-22)16-18-7-3-1-4-8-18/h1-14,17H,16,25H2,(H,26,28)/b19-17-. The van der Waals surface area contributed by atoms with E-state index >= 15 is 0 Å². The van der Waals surface area contributed by atoms with Crippen LogP contribution in [0.15, 0.2) is 96.7 Å². The zero-order chi connectivity index (χ0) is 19.8. The molecular weight excluding hydrogens is 348 g/mol. The quantitative estimate of drug-likeness (QED) is 0.386. The second-order valence-electron chi connectivity index (χ2n) is 6.18. The van der Waals surface area contributed by atoms with Crippen LogP contribution in [0.1, 0.15) is 5.56 Å². The summed E-state index contributed by atoms with van der Waals surface area (Å²) in [7, 11) is 0. The lowest BCUT2D eigenvalue weighted by Crippen LogP contribution is -2.20. The minimum absolute atomic E-state index is 0.0107. The molecule has 3 aromatic carbocycles. The number of carbonyl (C=O) groups is 1. The van der Waals surface area contributed by atoms with Crippen molar-refractivity contribution in [1.82, 2.24) is 0 Å². The van der Waals surface area contributed by atoms with Crippen molar-refractivity contribution in [2.75, 3.05) is 16.0 Å². The second kappa shape index (κ2) is 9.06. The normalized spacial score (nSPS) is 10.8. The van der Waals surface area contributed by atoms with Gasteiger partial charge in [0.25, 0.3) is 5.91 Å². The fourth-order valence-electron chi connectivity index (χ4n) is 2.67. The number of carbonyl (C=O) groups excluding carboxylic acids is 1. The Kier molecular flexibility index (Phi) is 6.06. The highest BCUT2D eigenvalue weighted by Gasteiger charge is 2.13. The van der Waals surface area contributed by atoms with E-state index in [0.29, 0.717) is 17.9 Å². The van der Waals surface area contributed by atoms with Gasteiger partial charge in [0.05, 0.1) is 0 Å². The molecular formula is C23H20N4O. The monoisotopic (exact) mass is 368 g/mol. The largest absolute Gasteiger partial charge is 0.399 e. The molecule has 0 heterocycles. The van der Waals surface area contributed by atoms with E-state index in [1.807, 2.05) is 71.6 Å². The van der Waals surface area contributed by atoms with Gasteiger partial charge in [-0.3, -0.25) is 4.79 Å². The van der Waals surface area contributed by atoms with E-state index in [-0.39, 0.29) is 5.57 Å². The van der Waals surface area contributed by atoms with E-state index in [1.165, 1.54) is 0 Å². The number of nitrogen functional groups attached to an aromatic ring is 1. The Labute approximate surface area is 164 Å². The summed E-state index contributed by atoms with van der Waals surface area (Å²) in [6.45, 7) is 0.533. The van der Waals surface area contributed by atoms with Gasteiger partial charge in [0.15, 0.2) is 0 Å². The molecule has 0 aliphatic heterocycles. The first-order valence-electron chi connectivity index (χ1n) is 8.80. The number of rotatable bonds is 6. The summed E-state index contributed by atoms with van der Waals surface area (Å²) in [6, 6.07) is 28.3. The van der Waals surface area contributed by atoms with Gasteiger partial charge in [-0.1, -0.05) is 48.5 Å². The van der Waals surface area contributed by atoms with Crippen molar-refractivity contribution in [1.29, 1.82) is 5.26 Å². The maximum absolute atomic E-state index is 12.6. The maximum atomic E-state index is 12.6. The molecule has 5 nitrogen and oxygen atoms in total. The van der Waals surface area contributed by atoms with Gasteiger partial charge in [0.1, 0.15) is 11.6 Å². The van der Waals surface area contributed by atoms with E-state index < -0.39 is 5.91 Å². The second-order valence-corrected chi connectivity index (χ2v) is 6.18. The summed E-state index contributed by atoms with van der Waals surface area (Å²) in [6.07, 6.45) is 1.58. The Bertz CT molecular complexity index is 990. The van der Waals surface area contributed by atoms with E-state index in [0.717, 1.165) is 11.3 Å². The summed E-state index contributed by atoms with van der Waals surface area (Å²) in [5.74, 6) is -0.471. The highest BCUT2D eigenvalue weighted by Crippen LogP contribution is 2.19. The third-order valence-electron chi connectivity index (χ3n) is 4.10. The first kappa shape index (κ1) is 18.7. The number of benzene rings is 3. The molecule has 0 aliphatic rings. The predicted molar refractivity (Wildman–Crippen MR) is 112 cm³/mol. The van der Waals surface area contributed by atoms with Gasteiger partial charge < -0.3 is 16.0 Å². The van der Waals surface area contributed by atoms with Crippen molar-refractivity contribution in [2.45, 2.75) is 6.54 Å². The number of nitrogens with one attached hydrogen (secondary N) is 1. The molecule has 0 unspecified atom stereocenters. The van der Waals surface area contributed by atoms with Crippen LogP contribution in [0, 0.1) is 11.3 Å². The van der Waals surface area contributed by atoms with Crippen molar-refractivity contribution in [3.8, 4) is 6.07 Å². The minimum Gasteiger partial charge on any atom is -0.399 e. The van der Waals surface area contributed by atoms with Crippen LogP contribution >= 0.6 is 0 Å². The molecule has 0 atom stereocenters. The first-order valence-corrected chi connectivity index (χ1v) is 8.80. The van der Waals surface area contributed by atoms with Gasteiger partial charge in [-0.15, -0.1) is 0 Å². The van der Waals surface area contributed by atoms with Crippen LogP contribution in [0.4, 0.5) is 17.1 Å². The predicted octanol–water partition coefficient (Wildman–Crippen LogP) is 4.32. The Morgan fingerprint density at radius 2 is 1.57 bits per heavy atom. The Morgan fingerprint density at radius 1 is 0.964 bits per heavy atom. The Balaban J connectivity index is 1.87. The number of anilines is 3. The van der Waals surface area contributed by atoms with Crippen LogP contribution in [0.2, 0.25) is 0 Å². The molecule has 3 aromatic rings. The Morgan fingerprint density at radius 3 is 2.18 bits per heavy atom. The highest BCUT2D eigenvalue weighted by molar-refractivity contribution is 6.06. The van der Waals surface area contributed by atoms with Crippen LogP contribution in [-0.4, -0.2) is 5.91 Å². The molecule has 138 valence electrons. The van der Waals surface area contributed by atoms with Gasteiger partial charge in [-0.05, 0) is 42.0 Å². The van der Waals surface area contributed by atoms with Crippen molar-refractivity contribution in [2.24, 2.45) is 0 Å². The summed E-state index contributed by atoms with van der Waals surface area (Å²) >= 11 is 0. The molecule has 5 heteroatoms. The van der Waals surface area contributed by atoms with Gasteiger partial charge >= 0.3 is 0 Å². The van der Waals surface area contributed by atoms with Crippen molar-refractivity contribution in [3.63, 3.8) is 0 Å². The highest BCUT2D eigenvalue weighted by atomic mass is 16.1. The topological polar surface area (TPSA) is 82.2 Å². The summed E-state index contributed by atoms with van der Waals surface area (Å²) in [4.78, 5) is 14.5. The van der Waals surface area contributed by atoms with Crippen LogP contribution in [0.25, 0.3) is 0 Å². The van der Waals surface area contributed by atoms with Crippen LogP contribution in [0.3, 0.4) is 0 Å². The van der Waals surface area contributed by atoms with Gasteiger partial charge in [0.2, 0.25) is 0 Å². The SMILES string of the molecule is N#C/C(=C/N(Cc1ccccc1)c1ccccc1)C(=O)Nc1ccc(N)cc1. The van der Waals surface area contributed by atoms with Gasteiger partial charge in [-0.2, -0.15) is 5.26 Å². The number of amides is 1. The first-order chi connectivity index (χ1) is 13.7.